The summed E-state index contributed by atoms with van der Waals surface area (Å²) in [7, 11) is 1.20. The van der Waals surface area contributed by atoms with E-state index in [2.05, 4.69) is 10.3 Å². The summed E-state index contributed by atoms with van der Waals surface area (Å²) in [5.41, 5.74) is 1.12. The number of methoxy groups -OCH3 is 1. The third-order valence-electron chi connectivity index (χ3n) is 6.03. The molecule has 1 aliphatic heterocycles. The van der Waals surface area contributed by atoms with E-state index >= 15 is 0 Å². The summed E-state index contributed by atoms with van der Waals surface area (Å²) in [6.07, 6.45) is 1.35. The number of aromatic nitrogens is 2. The molecule has 0 aliphatic carbocycles. The van der Waals surface area contributed by atoms with Crippen molar-refractivity contribution in [3.05, 3.63) is 88.8 Å². The zero-order valence-electron chi connectivity index (χ0n) is 19.2. The van der Waals surface area contributed by atoms with E-state index in [0.29, 0.717) is 5.56 Å². The SMILES string of the molecule is COC(=O)c1ncn2c1C(=O)N(Cc1cccc(F)c1)C(C)(C(=O)NCc1ccc(C)cc1)C2. The molecule has 1 aromatic heterocycles. The molecule has 176 valence electrons. The monoisotopic (exact) mass is 464 g/mol. The molecule has 0 spiro atoms. The number of benzene rings is 2. The van der Waals surface area contributed by atoms with Crippen LogP contribution in [0.2, 0.25) is 0 Å². The van der Waals surface area contributed by atoms with E-state index in [1.165, 1.54) is 41.1 Å². The lowest BCUT2D eigenvalue weighted by Crippen LogP contribution is -2.63. The zero-order valence-corrected chi connectivity index (χ0v) is 19.2. The highest BCUT2D eigenvalue weighted by Gasteiger charge is 2.48. The first-order valence-electron chi connectivity index (χ1n) is 10.8. The van der Waals surface area contributed by atoms with Gasteiger partial charge in [-0.2, -0.15) is 0 Å². The number of rotatable bonds is 6. The predicted molar refractivity (Wildman–Crippen MR) is 121 cm³/mol. The lowest BCUT2D eigenvalue weighted by atomic mass is 9.93. The molecule has 1 N–H and O–H groups in total. The maximum Gasteiger partial charge on any atom is 0.359 e. The van der Waals surface area contributed by atoms with Crippen LogP contribution in [0.25, 0.3) is 0 Å². The van der Waals surface area contributed by atoms with Crippen LogP contribution in [0.4, 0.5) is 4.39 Å². The van der Waals surface area contributed by atoms with Crippen LogP contribution in [0.1, 0.15) is 44.6 Å². The second-order valence-electron chi connectivity index (χ2n) is 8.52. The fourth-order valence-corrected chi connectivity index (χ4v) is 4.08. The van der Waals surface area contributed by atoms with Crippen molar-refractivity contribution in [2.45, 2.75) is 39.0 Å². The number of ether oxygens (including phenoxy) is 1. The summed E-state index contributed by atoms with van der Waals surface area (Å²) in [6, 6.07) is 13.6. The molecule has 1 aliphatic rings. The summed E-state index contributed by atoms with van der Waals surface area (Å²) < 4.78 is 20.1. The molecule has 0 saturated heterocycles. The number of halogens is 1. The number of nitrogens with one attached hydrogen (secondary N) is 1. The highest BCUT2D eigenvalue weighted by molar-refractivity contribution is 6.06. The van der Waals surface area contributed by atoms with Crippen molar-refractivity contribution in [1.82, 2.24) is 19.8 Å². The van der Waals surface area contributed by atoms with Crippen LogP contribution in [0.15, 0.2) is 54.9 Å². The molecule has 2 heterocycles. The smallest absolute Gasteiger partial charge is 0.359 e. The number of nitrogens with zero attached hydrogens (tertiary/aromatic N) is 3. The summed E-state index contributed by atoms with van der Waals surface area (Å²) in [6.45, 7) is 3.94. The Labute approximate surface area is 196 Å². The van der Waals surface area contributed by atoms with Crippen molar-refractivity contribution in [3.63, 3.8) is 0 Å². The van der Waals surface area contributed by atoms with Crippen LogP contribution in [-0.2, 0) is 29.2 Å². The Balaban J connectivity index is 1.69. The normalized spacial score (nSPS) is 17.3. The van der Waals surface area contributed by atoms with Crippen molar-refractivity contribution in [1.29, 1.82) is 0 Å². The highest BCUT2D eigenvalue weighted by atomic mass is 19.1. The first kappa shape index (κ1) is 23.2. The number of hydrogen-bond donors (Lipinski definition) is 1. The van der Waals surface area contributed by atoms with Gasteiger partial charge in [-0.05, 0) is 37.1 Å². The van der Waals surface area contributed by atoms with Gasteiger partial charge in [0.25, 0.3) is 5.91 Å². The Morgan fingerprint density at radius 2 is 1.91 bits per heavy atom. The fourth-order valence-electron chi connectivity index (χ4n) is 4.08. The van der Waals surface area contributed by atoms with Gasteiger partial charge < -0.3 is 19.5 Å². The molecular formula is C25H25FN4O4. The largest absolute Gasteiger partial charge is 0.464 e. The van der Waals surface area contributed by atoms with Gasteiger partial charge in [-0.1, -0.05) is 42.0 Å². The molecule has 8 nitrogen and oxygen atoms in total. The van der Waals surface area contributed by atoms with Gasteiger partial charge in [0.2, 0.25) is 5.91 Å². The number of imidazole rings is 1. The molecule has 0 radical (unpaired) electrons. The van der Waals surface area contributed by atoms with Gasteiger partial charge >= 0.3 is 5.97 Å². The highest BCUT2D eigenvalue weighted by Crippen LogP contribution is 2.31. The number of amides is 2. The Morgan fingerprint density at radius 3 is 2.59 bits per heavy atom. The minimum Gasteiger partial charge on any atom is -0.464 e. The molecule has 0 fully saturated rings. The van der Waals surface area contributed by atoms with E-state index in [0.717, 1.165) is 11.1 Å². The van der Waals surface area contributed by atoms with Crippen LogP contribution in [-0.4, -0.2) is 44.9 Å². The summed E-state index contributed by atoms with van der Waals surface area (Å²) in [5, 5.41) is 2.92. The van der Waals surface area contributed by atoms with Gasteiger partial charge in [0, 0.05) is 13.1 Å². The van der Waals surface area contributed by atoms with E-state index < -0.39 is 23.2 Å². The molecule has 1 atom stereocenters. The van der Waals surface area contributed by atoms with E-state index in [1.807, 2.05) is 31.2 Å². The van der Waals surface area contributed by atoms with E-state index in [9.17, 15) is 18.8 Å². The lowest BCUT2D eigenvalue weighted by Gasteiger charge is -2.43. The van der Waals surface area contributed by atoms with Gasteiger partial charge in [0.15, 0.2) is 5.69 Å². The van der Waals surface area contributed by atoms with Gasteiger partial charge in [-0.3, -0.25) is 9.59 Å². The average molecular weight is 464 g/mol. The van der Waals surface area contributed by atoms with Crippen molar-refractivity contribution < 1.29 is 23.5 Å². The topological polar surface area (TPSA) is 93.5 Å². The second-order valence-corrected chi connectivity index (χ2v) is 8.52. The minimum atomic E-state index is -1.32. The van der Waals surface area contributed by atoms with Gasteiger partial charge in [0.05, 0.1) is 20.0 Å². The van der Waals surface area contributed by atoms with Gasteiger partial charge in [-0.15, -0.1) is 0 Å². The number of carbonyl (C=O) groups excluding carboxylic acids is 3. The van der Waals surface area contributed by atoms with E-state index in [1.54, 1.807) is 13.0 Å². The molecule has 2 aromatic carbocycles. The number of fused-ring (bicyclic) bond motifs is 1. The van der Waals surface area contributed by atoms with Crippen molar-refractivity contribution in [3.8, 4) is 0 Å². The minimum absolute atomic E-state index is 0.0309. The molecule has 3 aromatic rings. The Bertz CT molecular complexity index is 1250. The van der Waals surface area contributed by atoms with Crippen LogP contribution in [0, 0.1) is 12.7 Å². The molecule has 2 amide bonds. The number of esters is 1. The molecular weight excluding hydrogens is 439 g/mol. The first-order valence-corrected chi connectivity index (χ1v) is 10.8. The first-order chi connectivity index (χ1) is 16.2. The fraction of sp³-hybridized carbons (Fsp3) is 0.280. The summed E-state index contributed by atoms with van der Waals surface area (Å²) in [4.78, 5) is 44.7. The molecule has 4 rings (SSSR count). The van der Waals surface area contributed by atoms with Crippen LogP contribution < -0.4 is 5.32 Å². The van der Waals surface area contributed by atoms with Crippen molar-refractivity contribution >= 4 is 17.8 Å². The summed E-state index contributed by atoms with van der Waals surface area (Å²) in [5.74, 6) is -2.15. The zero-order chi connectivity index (χ0) is 24.5. The summed E-state index contributed by atoms with van der Waals surface area (Å²) >= 11 is 0. The van der Waals surface area contributed by atoms with Crippen LogP contribution in [0.3, 0.4) is 0 Å². The lowest BCUT2D eigenvalue weighted by molar-refractivity contribution is -0.133. The van der Waals surface area contributed by atoms with Gasteiger partial charge in [-0.25, -0.2) is 14.2 Å². The third kappa shape index (κ3) is 4.28. The predicted octanol–water partition coefficient (Wildman–Crippen LogP) is 2.85. The molecule has 9 heteroatoms. The van der Waals surface area contributed by atoms with Crippen LogP contribution in [0.5, 0.6) is 0 Å². The van der Waals surface area contributed by atoms with Gasteiger partial charge in [0.1, 0.15) is 17.1 Å². The molecule has 1 unspecified atom stereocenters. The Morgan fingerprint density at radius 1 is 1.18 bits per heavy atom. The third-order valence-corrected chi connectivity index (χ3v) is 6.03. The second kappa shape index (κ2) is 9.09. The maximum atomic E-state index is 13.9. The standard InChI is InChI=1S/C25H25FN4O4/c1-16-7-9-17(10-8-16)12-27-24(33)25(2)14-29-15-28-20(23(32)34-3)21(29)22(31)30(25)13-18-5-4-6-19(26)11-18/h4-11,15H,12-14H2,1-3H3,(H,27,33). The van der Waals surface area contributed by atoms with Crippen molar-refractivity contribution in [2.24, 2.45) is 0 Å². The Hall–Kier alpha value is -4.01. The molecule has 0 bridgehead atoms. The molecule has 0 saturated carbocycles. The van der Waals surface area contributed by atoms with Crippen LogP contribution >= 0.6 is 0 Å². The average Bonchev–Trinajstić information content (AvgIpc) is 3.24. The maximum absolute atomic E-state index is 13.9. The molecule has 34 heavy (non-hydrogen) atoms. The number of carbonyl (C=O) groups is 3. The van der Waals surface area contributed by atoms with Crippen molar-refractivity contribution in [2.75, 3.05) is 7.11 Å². The quantitative estimate of drug-likeness (QED) is 0.567. The van der Waals surface area contributed by atoms with E-state index in [4.69, 9.17) is 4.74 Å². The van der Waals surface area contributed by atoms with E-state index in [-0.39, 0.29) is 36.9 Å². The number of aryl methyl sites for hydroxylation is 1. The number of hydrogen-bond acceptors (Lipinski definition) is 5. The Kier molecular flexibility index (Phi) is 6.19.